The van der Waals surface area contributed by atoms with Gasteiger partial charge in [0.1, 0.15) is 0 Å². The molecule has 0 aromatic heterocycles. The SMILES string of the molecule is Cc1cccc(C(=O)NC(CO)Cc2ccccc2)c1I. The number of aliphatic hydroxyl groups excluding tert-OH is 1. The van der Waals surface area contributed by atoms with E-state index in [1.165, 1.54) is 0 Å². The van der Waals surface area contributed by atoms with Crippen LogP contribution in [-0.2, 0) is 6.42 Å². The summed E-state index contributed by atoms with van der Waals surface area (Å²) in [6, 6.07) is 15.2. The highest BCUT2D eigenvalue weighted by atomic mass is 127. The van der Waals surface area contributed by atoms with E-state index in [1.54, 1.807) is 6.07 Å². The standard InChI is InChI=1S/C17H18INO2/c1-12-6-5-9-15(16(12)18)17(21)19-14(11-20)10-13-7-3-2-4-8-13/h2-9,14,20H,10-11H2,1H3,(H,19,21). The summed E-state index contributed by atoms with van der Waals surface area (Å²) in [5.74, 6) is -0.141. The van der Waals surface area contributed by atoms with Crippen LogP contribution in [0, 0.1) is 10.5 Å². The zero-order valence-electron chi connectivity index (χ0n) is 11.8. The second-order valence-corrected chi connectivity index (χ2v) is 6.06. The van der Waals surface area contributed by atoms with E-state index in [0.29, 0.717) is 12.0 Å². The van der Waals surface area contributed by atoms with Crippen molar-refractivity contribution < 1.29 is 9.90 Å². The van der Waals surface area contributed by atoms with Gasteiger partial charge in [-0.1, -0.05) is 42.5 Å². The molecular formula is C17H18INO2. The predicted octanol–water partition coefficient (Wildman–Crippen LogP) is 2.93. The second-order valence-electron chi connectivity index (χ2n) is 4.98. The number of aryl methyl sites for hydroxylation is 1. The van der Waals surface area contributed by atoms with Crippen molar-refractivity contribution in [2.24, 2.45) is 0 Å². The Balaban J connectivity index is 2.08. The first kappa shape index (κ1) is 16.0. The third-order valence-corrected chi connectivity index (χ3v) is 4.75. The quantitative estimate of drug-likeness (QED) is 0.765. The summed E-state index contributed by atoms with van der Waals surface area (Å²) in [5.41, 5.74) is 2.82. The molecule has 0 bridgehead atoms. The van der Waals surface area contributed by atoms with Gasteiger partial charge in [-0.05, 0) is 53.1 Å². The van der Waals surface area contributed by atoms with E-state index in [4.69, 9.17) is 0 Å². The molecule has 21 heavy (non-hydrogen) atoms. The fraction of sp³-hybridized carbons (Fsp3) is 0.235. The van der Waals surface area contributed by atoms with Gasteiger partial charge in [-0.15, -0.1) is 0 Å². The average Bonchev–Trinajstić information content (AvgIpc) is 2.50. The Hall–Kier alpha value is -1.40. The summed E-state index contributed by atoms with van der Waals surface area (Å²) in [7, 11) is 0. The molecule has 2 rings (SSSR count). The molecule has 110 valence electrons. The van der Waals surface area contributed by atoms with Gasteiger partial charge in [-0.2, -0.15) is 0 Å². The number of carbonyl (C=O) groups excluding carboxylic acids is 1. The molecule has 0 spiro atoms. The van der Waals surface area contributed by atoms with Gasteiger partial charge in [0.25, 0.3) is 5.91 Å². The van der Waals surface area contributed by atoms with Gasteiger partial charge in [0.2, 0.25) is 0 Å². The van der Waals surface area contributed by atoms with Gasteiger partial charge >= 0.3 is 0 Å². The number of nitrogens with one attached hydrogen (secondary N) is 1. The molecular weight excluding hydrogens is 377 g/mol. The molecule has 0 saturated carbocycles. The van der Waals surface area contributed by atoms with Gasteiger partial charge in [0.15, 0.2) is 0 Å². The smallest absolute Gasteiger partial charge is 0.252 e. The van der Waals surface area contributed by atoms with Gasteiger partial charge in [0.05, 0.1) is 18.2 Å². The van der Waals surface area contributed by atoms with Crippen LogP contribution < -0.4 is 5.32 Å². The van der Waals surface area contributed by atoms with Crippen LogP contribution in [0.3, 0.4) is 0 Å². The average molecular weight is 395 g/mol. The first-order valence-corrected chi connectivity index (χ1v) is 7.90. The van der Waals surface area contributed by atoms with E-state index in [1.807, 2.05) is 49.4 Å². The van der Waals surface area contributed by atoms with E-state index in [9.17, 15) is 9.90 Å². The fourth-order valence-electron chi connectivity index (χ4n) is 2.15. The summed E-state index contributed by atoms with van der Waals surface area (Å²) < 4.78 is 0.948. The minimum absolute atomic E-state index is 0.0803. The Bertz CT molecular complexity index is 613. The molecule has 1 atom stereocenters. The molecule has 3 nitrogen and oxygen atoms in total. The lowest BCUT2D eigenvalue weighted by Crippen LogP contribution is -2.39. The maximum Gasteiger partial charge on any atom is 0.252 e. The summed E-state index contributed by atoms with van der Waals surface area (Å²) in [5, 5.41) is 12.4. The summed E-state index contributed by atoms with van der Waals surface area (Å²) in [6.07, 6.45) is 0.617. The lowest BCUT2D eigenvalue weighted by atomic mass is 10.1. The van der Waals surface area contributed by atoms with Crippen molar-refractivity contribution in [1.29, 1.82) is 0 Å². The molecule has 0 aliphatic rings. The number of amides is 1. The van der Waals surface area contributed by atoms with Crippen molar-refractivity contribution in [2.45, 2.75) is 19.4 Å². The molecule has 1 amide bonds. The first-order chi connectivity index (χ1) is 10.1. The van der Waals surface area contributed by atoms with Gasteiger partial charge in [-0.25, -0.2) is 0 Å². The van der Waals surface area contributed by atoms with E-state index >= 15 is 0 Å². The summed E-state index contributed by atoms with van der Waals surface area (Å²) in [6.45, 7) is 1.90. The number of hydrogen-bond acceptors (Lipinski definition) is 2. The van der Waals surface area contributed by atoms with Crippen molar-refractivity contribution in [2.75, 3.05) is 6.61 Å². The highest BCUT2D eigenvalue weighted by Gasteiger charge is 2.16. The maximum atomic E-state index is 12.4. The van der Waals surface area contributed by atoms with Crippen LogP contribution in [0.25, 0.3) is 0 Å². The molecule has 2 N–H and O–H groups in total. The first-order valence-electron chi connectivity index (χ1n) is 6.82. The summed E-state index contributed by atoms with van der Waals surface area (Å²) in [4.78, 5) is 12.4. The van der Waals surface area contributed by atoms with Crippen LogP contribution in [-0.4, -0.2) is 23.7 Å². The summed E-state index contributed by atoms with van der Waals surface area (Å²) >= 11 is 2.18. The monoisotopic (exact) mass is 395 g/mol. The molecule has 0 heterocycles. The van der Waals surface area contributed by atoms with E-state index in [-0.39, 0.29) is 18.6 Å². The van der Waals surface area contributed by atoms with Crippen LogP contribution in [0.4, 0.5) is 0 Å². The molecule has 0 aliphatic heterocycles. The Labute approximate surface area is 138 Å². The minimum atomic E-state index is -0.281. The Morgan fingerprint density at radius 1 is 1.19 bits per heavy atom. The van der Waals surface area contributed by atoms with E-state index < -0.39 is 0 Å². The van der Waals surface area contributed by atoms with Crippen molar-refractivity contribution in [1.82, 2.24) is 5.32 Å². The highest BCUT2D eigenvalue weighted by molar-refractivity contribution is 14.1. The van der Waals surface area contributed by atoms with Gasteiger partial charge in [-0.3, -0.25) is 4.79 Å². The molecule has 0 saturated heterocycles. The van der Waals surface area contributed by atoms with Crippen molar-refractivity contribution >= 4 is 28.5 Å². The van der Waals surface area contributed by atoms with Crippen LogP contribution in [0.1, 0.15) is 21.5 Å². The fourth-order valence-corrected chi connectivity index (χ4v) is 2.75. The Kier molecular flexibility index (Phi) is 5.76. The van der Waals surface area contributed by atoms with Crippen molar-refractivity contribution in [3.63, 3.8) is 0 Å². The molecule has 2 aromatic rings. The third kappa shape index (κ3) is 4.28. The highest BCUT2D eigenvalue weighted by Crippen LogP contribution is 2.16. The van der Waals surface area contributed by atoms with Crippen LogP contribution in [0.5, 0.6) is 0 Å². The largest absolute Gasteiger partial charge is 0.394 e. The lowest BCUT2D eigenvalue weighted by molar-refractivity contribution is 0.0915. The minimum Gasteiger partial charge on any atom is -0.394 e. The normalized spacial score (nSPS) is 12.0. The van der Waals surface area contributed by atoms with Crippen molar-refractivity contribution in [3.8, 4) is 0 Å². The molecule has 2 aromatic carbocycles. The lowest BCUT2D eigenvalue weighted by Gasteiger charge is -2.17. The Morgan fingerprint density at radius 3 is 2.57 bits per heavy atom. The number of rotatable bonds is 5. The third-order valence-electron chi connectivity index (χ3n) is 3.32. The number of hydrogen-bond donors (Lipinski definition) is 2. The zero-order chi connectivity index (χ0) is 15.2. The zero-order valence-corrected chi connectivity index (χ0v) is 14.0. The predicted molar refractivity (Wildman–Crippen MR) is 92.4 cm³/mol. The van der Waals surface area contributed by atoms with Gasteiger partial charge < -0.3 is 10.4 Å². The van der Waals surface area contributed by atoms with Crippen molar-refractivity contribution in [3.05, 3.63) is 68.8 Å². The van der Waals surface area contributed by atoms with E-state index in [2.05, 4.69) is 27.9 Å². The molecule has 0 fully saturated rings. The number of halogens is 1. The van der Waals surface area contributed by atoms with Crippen LogP contribution in [0.15, 0.2) is 48.5 Å². The molecule has 0 radical (unpaired) electrons. The molecule has 1 unspecified atom stereocenters. The van der Waals surface area contributed by atoms with Gasteiger partial charge in [0, 0.05) is 3.57 Å². The number of benzene rings is 2. The van der Waals surface area contributed by atoms with Crippen LogP contribution >= 0.6 is 22.6 Å². The maximum absolute atomic E-state index is 12.4. The van der Waals surface area contributed by atoms with E-state index in [0.717, 1.165) is 14.7 Å². The molecule has 0 aliphatic carbocycles. The second kappa shape index (κ2) is 7.56. The molecule has 4 heteroatoms. The number of carbonyl (C=O) groups is 1. The van der Waals surface area contributed by atoms with Crippen LogP contribution in [0.2, 0.25) is 0 Å². The topological polar surface area (TPSA) is 49.3 Å². The number of aliphatic hydroxyl groups is 1. The Morgan fingerprint density at radius 2 is 1.90 bits per heavy atom.